The summed E-state index contributed by atoms with van der Waals surface area (Å²) >= 11 is 0. The van der Waals surface area contributed by atoms with Gasteiger partial charge in [-0.1, -0.05) is 57.8 Å². The van der Waals surface area contributed by atoms with Gasteiger partial charge in [-0.05, 0) is 25.7 Å². The lowest BCUT2D eigenvalue weighted by Gasteiger charge is -2.30. The highest BCUT2D eigenvalue weighted by Gasteiger charge is 2.36. The van der Waals surface area contributed by atoms with Crippen LogP contribution >= 0.6 is 0 Å². The molecule has 1 fully saturated rings. The third-order valence-electron chi connectivity index (χ3n) is 4.41. The van der Waals surface area contributed by atoms with Crippen LogP contribution in [0.3, 0.4) is 0 Å². The van der Waals surface area contributed by atoms with E-state index in [1.165, 1.54) is 44.9 Å². The average molecular weight is 255 g/mol. The minimum Gasteiger partial charge on any atom is -0.480 e. The maximum Gasteiger partial charge on any atom is 0.323 e. The summed E-state index contributed by atoms with van der Waals surface area (Å²) in [4.78, 5) is 11.3. The van der Waals surface area contributed by atoms with Crippen molar-refractivity contribution in [1.82, 2.24) is 0 Å². The molecule has 1 unspecified atom stereocenters. The number of rotatable bonds is 2. The summed E-state index contributed by atoms with van der Waals surface area (Å²) in [6, 6.07) is 0. The van der Waals surface area contributed by atoms with E-state index in [-0.39, 0.29) is 5.92 Å². The maximum absolute atomic E-state index is 11.3. The van der Waals surface area contributed by atoms with E-state index in [4.69, 9.17) is 5.73 Å². The number of aliphatic carboxylic acids is 1. The van der Waals surface area contributed by atoms with E-state index in [0.717, 1.165) is 25.7 Å². The van der Waals surface area contributed by atoms with Crippen molar-refractivity contribution in [2.45, 2.75) is 83.1 Å². The van der Waals surface area contributed by atoms with E-state index in [0.29, 0.717) is 0 Å². The van der Waals surface area contributed by atoms with Crippen molar-refractivity contribution in [3.8, 4) is 0 Å². The fraction of sp³-hybridized carbons (Fsp3) is 0.933. The SMILES string of the molecule is CC(N)(C(=O)O)C1CCCCCCCCCCC1. The molecule has 0 bridgehead atoms. The molecular weight excluding hydrogens is 226 g/mol. The van der Waals surface area contributed by atoms with Gasteiger partial charge >= 0.3 is 5.97 Å². The van der Waals surface area contributed by atoms with Crippen molar-refractivity contribution in [2.75, 3.05) is 0 Å². The molecule has 1 rings (SSSR count). The summed E-state index contributed by atoms with van der Waals surface area (Å²) in [5.41, 5.74) is 4.96. The highest BCUT2D eigenvalue weighted by molar-refractivity contribution is 5.78. The quantitative estimate of drug-likeness (QED) is 0.790. The topological polar surface area (TPSA) is 63.3 Å². The van der Waals surface area contributed by atoms with Crippen LogP contribution in [0.2, 0.25) is 0 Å². The minimum absolute atomic E-state index is 0.134. The van der Waals surface area contributed by atoms with Crippen molar-refractivity contribution in [2.24, 2.45) is 11.7 Å². The maximum atomic E-state index is 11.3. The molecule has 0 saturated heterocycles. The number of carboxylic acid groups (broad SMARTS) is 1. The first-order valence-electron chi connectivity index (χ1n) is 7.57. The number of nitrogens with two attached hydrogens (primary N) is 1. The van der Waals surface area contributed by atoms with Crippen LogP contribution in [-0.4, -0.2) is 16.6 Å². The number of hydrogen-bond donors (Lipinski definition) is 2. The van der Waals surface area contributed by atoms with Gasteiger partial charge in [0.05, 0.1) is 0 Å². The zero-order chi connectivity index (χ0) is 13.4. The average Bonchev–Trinajstić information content (AvgIpc) is 2.29. The van der Waals surface area contributed by atoms with Crippen LogP contribution in [0.15, 0.2) is 0 Å². The minimum atomic E-state index is -1.05. The molecule has 0 heterocycles. The van der Waals surface area contributed by atoms with Crippen molar-refractivity contribution >= 4 is 5.97 Å². The van der Waals surface area contributed by atoms with Gasteiger partial charge in [0.15, 0.2) is 0 Å². The van der Waals surface area contributed by atoms with Crippen LogP contribution in [0.25, 0.3) is 0 Å². The third-order valence-corrected chi connectivity index (χ3v) is 4.41. The second-order valence-corrected chi connectivity index (χ2v) is 6.04. The van der Waals surface area contributed by atoms with Gasteiger partial charge in [0.25, 0.3) is 0 Å². The number of hydrogen-bond acceptors (Lipinski definition) is 2. The Kier molecular flexibility index (Phi) is 6.69. The molecule has 3 heteroatoms. The van der Waals surface area contributed by atoms with Gasteiger partial charge in [0.2, 0.25) is 0 Å². The summed E-state index contributed by atoms with van der Waals surface area (Å²) in [7, 11) is 0. The van der Waals surface area contributed by atoms with Crippen molar-refractivity contribution in [1.29, 1.82) is 0 Å². The van der Waals surface area contributed by atoms with Crippen molar-refractivity contribution < 1.29 is 9.90 Å². The van der Waals surface area contributed by atoms with Gasteiger partial charge in [0, 0.05) is 0 Å². The van der Waals surface area contributed by atoms with Gasteiger partial charge < -0.3 is 10.8 Å². The van der Waals surface area contributed by atoms with E-state index in [1.807, 2.05) is 0 Å². The normalized spacial score (nSPS) is 24.6. The van der Waals surface area contributed by atoms with Crippen LogP contribution in [0.1, 0.15) is 77.6 Å². The zero-order valence-electron chi connectivity index (χ0n) is 11.8. The second-order valence-electron chi connectivity index (χ2n) is 6.04. The van der Waals surface area contributed by atoms with Gasteiger partial charge in [-0.2, -0.15) is 0 Å². The first kappa shape index (κ1) is 15.5. The summed E-state index contributed by atoms with van der Waals surface area (Å²) < 4.78 is 0. The molecule has 0 aliphatic heterocycles. The Hall–Kier alpha value is -0.570. The lowest BCUT2D eigenvalue weighted by Crippen LogP contribution is -2.51. The molecule has 1 atom stereocenters. The molecule has 1 aliphatic rings. The Morgan fingerprint density at radius 2 is 1.28 bits per heavy atom. The monoisotopic (exact) mass is 255 g/mol. The highest BCUT2D eigenvalue weighted by atomic mass is 16.4. The van der Waals surface area contributed by atoms with Gasteiger partial charge in [-0.3, -0.25) is 4.79 Å². The summed E-state index contributed by atoms with van der Waals surface area (Å²) in [5, 5.41) is 9.26. The Morgan fingerprint density at radius 3 is 1.61 bits per heavy atom. The molecule has 3 N–H and O–H groups in total. The molecule has 0 aromatic carbocycles. The largest absolute Gasteiger partial charge is 0.480 e. The molecule has 3 nitrogen and oxygen atoms in total. The molecule has 0 aromatic rings. The highest BCUT2D eigenvalue weighted by Crippen LogP contribution is 2.28. The van der Waals surface area contributed by atoms with Crippen LogP contribution in [0.4, 0.5) is 0 Å². The molecule has 0 radical (unpaired) electrons. The number of carboxylic acids is 1. The first-order chi connectivity index (χ1) is 8.55. The molecule has 0 aromatic heterocycles. The Balaban J connectivity index is 2.53. The van der Waals surface area contributed by atoms with Crippen LogP contribution < -0.4 is 5.73 Å². The fourth-order valence-corrected chi connectivity index (χ4v) is 2.94. The van der Waals surface area contributed by atoms with Crippen LogP contribution in [0.5, 0.6) is 0 Å². The van der Waals surface area contributed by atoms with E-state index < -0.39 is 11.5 Å². The predicted octanol–water partition coefficient (Wildman–Crippen LogP) is 3.71. The first-order valence-corrected chi connectivity index (χ1v) is 7.57. The molecular formula is C15H29NO2. The van der Waals surface area contributed by atoms with Crippen molar-refractivity contribution in [3.05, 3.63) is 0 Å². The van der Waals surface area contributed by atoms with E-state index >= 15 is 0 Å². The smallest absolute Gasteiger partial charge is 0.323 e. The lowest BCUT2D eigenvalue weighted by molar-refractivity contribution is -0.145. The van der Waals surface area contributed by atoms with Gasteiger partial charge in [-0.15, -0.1) is 0 Å². The number of carbonyl (C=O) groups is 1. The summed E-state index contributed by atoms with van der Waals surface area (Å²) in [6.07, 6.45) is 13.3. The molecule has 106 valence electrons. The van der Waals surface area contributed by atoms with Crippen LogP contribution in [0, 0.1) is 5.92 Å². The van der Waals surface area contributed by atoms with E-state index in [1.54, 1.807) is 6.92 Å². The molecule has 0 spiro atoms. The summed E-state index contributed by atoms with van der Waals surface area (Å²) in [5.74, 6) is -0.714. The van der Waals surface area contributed by atoms with Crippen molar-refractivity contribution in [3.63, 3.8) is 0 Å². The van der Waals surface area contributed by atoms with Gasteiger partial charge in [0.1, 0.15) is 5.54 Å². The Labute approximate surface area is 111 Å². The Bertz CT molecular complexity index is 239. The van der Waals surface area contributed by atoms with Crippen LogP contribution in [-0.2, 0) is 4.79 Å². The third kappa shape index (κ3) is 4.97. The summed E-state index contributed by atoms with van der Waals surface area (Å²) in [6.45, 7) is 1.69. The lowest BCUT2D eigenvalue weighted by atomic mass is 9.79. The van der Waals surface area contributed by atoms with Gasteiger partial charge in [-0.25, -0.2) is 0 Å². The molecule has 1 saturated carbocycles. The fourth-order valence-electron chi connectivity index (χ4n) is 2.94. The molecule has 18 heavy (non-hydrogen) atoms. The molecule has 1 aliphatic carbocycles. The molecule has 0 amide bonds. The second kappa shape index (κ2) is 7.78. The van der Waals surface area contributed by atoms with E-state index in [9.17, 15) is 9.90 Å². The Morgan fingerprint density at radius 1 is 0.944 bits per heavy atom. The van der Waals surface area contributed by atoms with E-state index in [2.05, 4.69) is 0 Å². The standard InChI is InChI=1S/C15H29NO2/c1-15(16,14(17)18)13-11-9-7-5-3-2-4-6-8-10-12-13/h13H,2-12,16H2,1H3,(H,17,18). The zero-order valence-corrected chi connectivity index (χ0v) is 11.8. The predicted molar refractivity (Wildman–Crippen MR) is 74.5 cm³/mol.